The number of nitrogens with zero attached hydrogens (tertiary/aromatic N) is 1. The smallest absolute Gasteiger partial charge is 0.191 e. The zero-order valence-electron chi connectivity index (χ0n) is 14.6. The number of aliphatic imine (C=N–C) groups is 1. The van der Waals surface area contributed by atoms with E-state index in [0.29, 0.717) is 10.7 Å². The molecule has 0 aromatic carbocycles. The summed E-state index contributed by atoms with van der Waals surface area (Å²) in [5.41, 5.74) is 0.365. The Morgan fingerprint density at radius 2 is 2.00 bits per heavy atom. The minimum absolute atomic E-state index is 0. The Labute approximate surface area is 158 Å². The molecule has 1 rings (SSSR count). The maximum absolute atomic E-state index is 5.29. The van der Waals surface area contributed by atoms with Crippen LogP contribution in [0, 0.1) is 5.41 Å². The van der Waals surface area contributed by atoms with Gasteiger partial charge in [0.25, 0.3) is 0 Å². The number of methoxy groups -OCH3 is 1. The van der Waals surface area contributed by atoms with Gasteiger partial charge in [0.15, 0.2) is 5.96 Å². The van der Waals surface area contributed by atoms with E-state index in [9.17, 15) is 0 Å². The largest absolute Gasteiger partial charge is 0.385 e. The SMILES string of the molecule is CCNC(=NCC1(CCOC)CCCC1)NCC(C)SC.I. The molecule has 0 aromatic rings. The maximum atomic E-state index is 5.29. The molecule has 0 spiro atoms. The molecule has 0 amide bonds. The molecule has 132 valence electrons. The van der Waals surface area contributed by atoms with E-state index in [1.807, 2.05) is 11.8 Å². The molecular formula is C16H34IN3OS. The van der Waals surface area contributed by atoms with Crippen LogP contribution < -0.4 is 10.6 Å². The number of hydrogen-bond acceptors (Lipinski definition) is 3. The van der Waals surface area contributed by atoms with Gasteiger partial charge < -0.3 is 15.4 Å². The summed E-state index contributed by atoms with van der Waals surface area (Å²) < 4.78 is 5.29. The average Bonchev–Trinajstić information content (AvgIpc) is 2.97. The normalized spacial score (nSPS) is 18.6. The molecule has 2 N–H and O–H groups in total. The van der Waals surface area contributed by atoms with Crippen LogP contribution in [0.4, 0.5) is 0 Å². The van der Waals surface area contributed by atoms with Gasteiger partial charge >= 0.3 is 0 Å². The lowest BCUT2D eigenvalue weighted by molar-refractivity contribution is 0.141. The third kappa shape index (κ3) is 8.24. The molecule has 1 saturated carbocycles. The van der Waals surface area contributed by atoms with E-state index in [2.05, 4.69) is 30.7 Å². The Hall–Kier alpha value is 0.310. The summed E-state index contributed by atoms with van der Waals surface area (Å²) in [6.45, 7) is 7.98. The summed E-state index contributed by atoms with van der Waals surface area (Å²) in [6.07, 6.45) is 8.54. The second kappa shape index (κ2) is 12.7. The van der Waals surface area contributed by atoms with E-state index in [1.165, 1.54) is 25.7 Å². The molecule has 0 aromatic heterocycles. The lowest BCUT2D eigenvalue weighted by atomic mass is 9.83. The van der Waals surface area contributed by atoms with Crippen molar-refractivity contribution in [1.82, 2.24) is 10.6 Å². The first kappa shape index (κ1) is 22.3. The Kier molecular flexibility index (Phi) is 12.9. The molecule has 0 bridgehead atoms. The fourth-order valence-corrected chi connectivity index (χ4v) is 3.09. The first-order valence-electron chi connectivity index (χ1n) is 8.19. The lowest BCUT2D eigenvalue weighted by Gasteiger charge is -2.27. The molecule has 1 unspecified atom stereocenters. The van der Waals surface area contributed by atoms with Crippen molar-refractivity contribution in [3.05, 3.63) is 0 Å². The van der Waals surface area contributed by atoms with Crippen molar-refractivity contribution in [2.75, 3.05) is 39.6 Å². The van der Waals surface area contributed by atoms with Crippen molar-refractivity contribution >= 4 is 41.7 Å². The summed E-state index contributed by atoms with van der Waals surface area (Å²) >= 11 is 1.88. The highest BCUT2D eigenvalue weighted by Crippen LogP contribution is 2.41. The molecule has 0 aliphatic heterocycles. The van der Waals surface area contributed by atoms with Crippen molar-refractivity contribution in [2.45, 2.75) is 51.2 Å². The highest BCUT2D eigenvalue weighted by molar-refractivity contribution is 14.0. The summed E-state index contributed by atoms with van der Waals surface area (Å²) in [5, 5.41) is 7.41. The van der Waals surface area contributed by atoms with Crippen LogP contribution >= 0.6 is 35.7 Å². The number of rotatable bonds is 9. The molecule has 1 atom stereocenters. The molecule has 4 nitrogen and oxygen atoms in total. The van der Waals surface area contributed by atoms with Crippen LogP contribution in [0.1, 0.15) is 46.0 Å². The number of ether oxygens (including phenoxy) is 1. The van der Waals surface area contributed by atoms with E-state index < -0.39 is 0 Å². The number of halogens is 1. The van der Waals surface area contributed by atoms with Gasteiger partial charge in [-0.1, -0.05) is 19.8 Å². The highest BCUT2D eigenvalue weighted by Gasteiger charge is 2.33. The van der Waals surface area contributed by atoms with Crippen molar-refractivity contribution in [2.24, 2.45) is 10.4 Å². The van der Waals surface area contributed by atoms with Gasteiger partial charge in [-0.2, -0.15) is 11.8 Å². The minimum Gasteiger partial charge on any atom is -0.385 e. The monoisotopic (exact) mass is 443 g/mol. The van der Waals surface area contributed by atoms with Crippen molar-refractivity contribution in [1.29, 1.82) is 0 Å². The predicted molar refractivity (Wildman–Crippen MR) is 110 cm³/mol. The third-order valence-corrected chi connectivity index (χ3v) is 5.35. The summed E-state index contributed by atoms with van der Waals surface area (Å²) in [7, 11) is 1.79. The molecule has 6 heteroatoms. The number of hydrogen-bond donors (Lipinski definition) is 2. The Morgan fingerprint density at radius 3 is 2.55 bits per heavy atom. The van der Waals surface area contributed by atoms with Crippen molar-refractivity contribution < 1.29 is 4.74 Å². The molecule has 22 heavy (non-hydrogen) atoms. The second-order valence-corrected chi connectivity index (χ2v) is 7.35. The zero-order valence-corrected chi connectivity index (χ0v) is 17.8. The van der Waals surface area contributed by atoms with Gasteiger partial charge in [-0.25, -0.2) is 0 Å². The number of thioether (sulfide) groups is 1. The standard InChI is InChI=1S/C16H33N3OS.HI/c1-5-17-15(18-12-14(2)21-4)19-13-16(10-11-20-3)8-6-7-9-16;/h14H,5-13H2,1-4H3,(H2,17,18,19);1H. The maximum Gasteiger partial charge on any atom is 0.191 e. The number of nitrogens with one attached hydrogen (secondary N) is 2. The number of guanidine groups is 1. The van der Waals surface area contributed by atoms with E-state index in [1.54, 1.807) is 7.11 Å². The van der Waals surface area contributed by atoms with Gasteiger partial charge in [0.1, 0.15) is 0 Å². The average molecular weight is 443 g/mol. The molecular weight excluding hydrogens is 409 g/mol. The molecule has 0 radical (unpaired) electrons. The molecule has 1 aliphatic carbocycles. The summed E-state index contributed by atoms with van der Waals surface area (Å²) in [5.74, 6) is 0.960. The van der Waals surface area contributed by atoms with Gasteiger partial charge in [0, 0.05) is 38.6 Å². The topological polar surface area (TPSA) is 45.7 Å². The van der Waals surface area contributed by atoms with Gasteiger partial charge in [-0.15, -0.1) is 24.0 Å². The zero-order chi connectivity index (χ0) is 15.6. The fraction of sp³-hybridized carbons (Fsp3) is 0.938. The van der Waals surface area contributed by atoms with Crippen LogP contribution in [0.2, 0.25) is 0 Å². The Balaban J connectivity index is 0.00000441. The molecule has 0 heterocycles. The second-order valence-electron chi connectivity index (χ2n) is 6.07. The molecule has 1 fully saturated rings. The van der Waals surface area contributed by atoms with Gasteiger partial charge in [-0.3, -0.25) is 4.99 Å². The van der Waals surface area contributed by atoms with Gasteiger partial charge in [0.2, 0.25) is 0 Å². The Morgan fingerprint density at radius 1 is 1.32 bits per heavy atom. The highest BCUT2D eigenvalue weighted by atomic mass is 127. The fourth-order valence-electron chi connectivity index (χ4n) is 2.84. The van der Waals surface area contributed by atoms with E-state index in [4.69, 9.17) is 9.73 Å². The van der Waals surface area contributed by atoms with E-state index in [0.717, 1.165) is 38.6 Å². The molecule has 1 aliphatic rings. The lowest BCUT2D eigenvalue weighted by Crippen LogP contribution is -2.41. The van der Waals surface area contributed by atoms with Crippen molar-refractivity contribution in [3.8, 4) is 0 Å². The van der Waals surface area contributed by atoms with Crippen LogP contribution in [0.25, 0.3) is 0 Å². The Bertz CT molecular complexity index is 310. The quantitative estimate of drug-likeness (QED) is 0.325. The molecule has 0 saturated heterocycles. The first-order chi connectivity index (χ1) is 10.2. The van der Waals surface area contributed by atoms with Crippen LogP contribution in [0.15, 0.2) is 4.99 Å². The minimum atomic E-state index is 0. The van der Waals surface area contributed by atoms with Gasteiger partial charge in [0.05, 0.1) is 0 Å². The first-order valence-corrected chi connectivity index (χ1v) is 9.48. The van der Waals surface area contributed by atoms with Crippen LogP contribution in [0.3, 0.4) is 0 Å². The third-order valence-electron chi connectivity index (χ3n) is 4.38. The van der Waals surface area contributed by atoms with E-state index in [-0.39, 0.29) is 24.0 Å². The van der Waals surface area contributed by atoms with Crippen LogP contribution in [-0.4, -0.2) is 50.8 Å². The van der Waals surface area contributed by atoms with Crippen molar-refractivity contribution in [3.63, 3.8) is 0 Å². The van der Waals surface area contributed by atoms with Gasteiger partial charge in [-0.05, 0) is 37.9 Å². The van der Waals surface area contributed by atoms with Crippen LogP contribution in [0.5, 0.6) is 0 Å². The predicted octanol–water partition coefficient (Wildman–Crippen LogP) is 3.51. The summed E-state index contributed by atoms with van der Waals surface area (Å²) in [4.78, 5) is 4.86. The summed E-state index contributed by atoms with van der Waals surface area (Å²) in [6, 6.07) is 0. The van der Waals surface area contributed by atoms with Crippen LogP contribution in [-0.2, 0) is 4.74 Å². The van der Waals surface area contributed by atoms with E-state index >= 15 is 0 Å².